The first-order chi connectivity index (χ1) is 9.47. The van der Waals surface area contributed by atoms with Gasteiger partial charge in [0.25, 0.3) is 0 Å². The van der Waals surface area contributed by atoms with Crippen molar-refractivity contribution in [2.24, 2.45) is 11.5 Å². The Morgan fingerprint density at radius 3 is 2.25 bits per heavy atom. The van der Waals surface area contributed by atoms with Gasteiger partial charge in [-0.05, 0) is 25.1 Å². The summed E-state index contributed by atoms with van der Waals surface area (Å²) >= 11 is 0. The average molecular weight is 273 g/mol. The third kappa shape index (κ3) is 2.94. The van der Waals surface area contributed by atoms with Crippen LogP contribution in [0.25, 0.3) is 0 Å². The summed E-state index contributed by atoms with van der Waals surface area (Å²) in [5.41, 5.74) is 13.4. The number of amides is 2. The Morgan fingerprint density at radius 1 is 1.20 bits per heavy atom. The summed E-state index contributed by atoms with van der Waals surface area (Å²) in [5.74, 6) is -1.23. The van der Waals surface area contributed by atoms with Crippen LogP contribution in [0, 0.1) is 6.92 Å². The lowest BCUT2D eigenvalue weighted by Gasteiger charge is -2.09. The smallest absolute Gasteiger partial charge is 0.248 e. The van der Waals surface area contributed by atoms with Gasteiger partial charge < -0.3 is 16.8 Å². The highest BCUT2D eigenvalue weighted by Gasteiger charge is 2.09. The summed E-state index contributed by atoms with van der Waals surface area (Å²) in [4.78, 5) is 22.5. The number of aromatic nitrogens is 2. The fraction of sp³-hybridized carbons (Fsp3) is 0.154. The van der Waals surface area contributed by atoms with Crippen molar-refractivity contribution >= 4 is 17.5 Å². The van der Waals surface area contributed by atoms with E-state index in [1.54, 1.807) is 18.3 Å². The van der Waals surface area contributed by atoms with Crippen molar-refractivity contribution in [2.45, 2.75) is 13.5 Å². The SMILES string of the molecule is Cc1[nH]ncc1CNc1cc(C(N)=O)cc(C(N)=O)c1. The summed E-state index contributed by atoms with van der Waals surface area (Å²) in [7, 11) is 0. The highest BCUT2D eigenvalue weighted by Crippen LogP contribution is 2.16. The van der Waals surface area contributed by atoms with Gasteiger partial charge in [0, 0.05) is 34.6 Å². The van der Waals surface area contributed by atoms with Crippen molar-refractivity contribution in [1.29, 1.82) is 0 Å². The topological polar surface area (TPSA) is 127 Å². The van der Waals surface area contributed by atoms with Crippen molar-refractivity contribution in [3.63, 3.8) is 0 Å². The summed E-state index contributed by atoms with van der Waals surface area (Å²) in [6.07, 6.45) is 1.70. The van der Waals surface area contributed by atoms with Gasteiger partial charge >= 0.3 is 0 Å². The Bertz CT molecular complexity index is 630. The second-order valence-electron chi connectivity index (χ2n) is 4.40. The van der Waals surface area contributed by atoms with Crippen LogP contribution in [0.4, 0.5) is 5.69 Å². The van der Waals surface area contributed by atoms with Crippen LogP contribution in [0.15, 0.2) is 24.4 Å². The van der Waals surface area contributed by atoms with Crippen molar-refractivity contribution in [3.05, 3.63) is 46.8 Å². The van der Waals surface area contributed by atoms with E-state index in [2.05, 4.69) is 15.5 Å². The predicted octanol–water partition coefficient (Wildman–Crippen LogP) is 0.528. The number of aromatic amines is 1. The second-order valence-corrected chi connectivity index (χ2v) is 4.40. The van der Waals surface area contributed by atoms with Crippen LogP contribution in [-0.2, 0) is 6.54 Å². The largest absolute Gasteiger partial charge is 0.381 e. The number of nitrogens with two attached hydrogens (primary N) is 2. The molecule has 0 bridgehead atoms. The minimum absolute atomic E-state index is 0.229. The normalized spacial score (nSPS) is 10.2. The monoisotopic (exact) mass is 273 g/mol. The quantitative estimate of drug-likeness (QED) is 0.633. The number of primary amides is 2. The van der Waals surface area contributed by atoms with Gasteiger partial charge in [0.2, 0.25) is 11.8 Å². The number of aryl methyl sites for hydroxylation is 1. The molecule has 0 saturated heterocycles. The Morgan fingerprint density at radius 2 is 1.80 bits per heavy atom. The number of hydrogen-bond acceptors (Lipinski definition) is 4. The molecule has 0 unspecified atom stereocenters. The van der Waals surface area contributed by atoms with E-state index in [0.717, 1.165) is 11.3 Å². The van der Waals surface area contributed by atoms with Crippen LogP contribution in [0.2, 0.25) is 0 Å². The molecule has 0 aliphatic heterocycles. The summed E-state index contributed by atoms with van der Waals surface area (Å²) in [6, 6.07) is 4.52. The molecule has 0 atom stereocenters. The average Bonchev–Trinajstić information content (AvgIpc) is 2.81. The lowest BCUT2D eigenvalue weighted by Crippen LogP contribution is -2.16. The molecule has 0 aliphatic carbocycles. The zero-order valence-electron chi connectivity index (χ0n) is 10.9. The van der Waals surface area contributed by atoms with Gasteiger partial charge in [-0.15, -0.1) is 0 Å². The first-order valence-corrected chi connectivity index (χ1v) is 5.95. The zero-order chi connectivity index (χ0) is 14.7. The highest BCUT2D eigenvalue weighted by molar-refractivity contribution is 5.99. The van der Waals surface area contributed by atoms with Crippen molar-refractivity contribution in [1.82, 2.24) is 10.2 Å². The highest BCUT2D eigenvalue weighted by atomic mass is 16.1. The maximum absolute atomic E-state index is 11.2. The maximum Gasteiger partial charge on any atom is 0.248 e. The molecule has 0 saturated carbocycles. The third-order valence-corrected chi connectivity index (χ3v) is 2.92. The molecule has 6 N–H and O–H groups in total. The molecule has 2 amide bonds. The maximum atomic E-state index is 11.2. The molecule has 2 aromatic rings. The standard InChI is InChI=1S/C13H15N5O2/c1-7-10(6-17-18-7)5-16-11-3-8(12(14)19)2-9(4-11)13(15)20/h2-4,6,16H,5H2,1H3,(H2,14,19)(H2,15,20)(H,17,18). The van der Waals surface area contributed by atoms with Crippen molar-refractivity contribution < 1.29 is 9.59 Å². The number of H-pyrrole nitrogens is 1. The number of hydrogen-bond donors (Lipinski definition) is 4. The van der Waals surface area contributed by atoms with Crippen LogP contribution in [0.5, 0.6) is 0 Å². The molecular weight excluding hydrogens is 258 g/mol. The van der Waals surface area contributed by atoms with E-state index in [9.17, 15) is 9.59 Å². The molecule has 0 aliphatic rings. The molecule has 1 aromatic heterocycles. The molecule has 7 nitrogen and oxygen atoms in total. The molecule has 1 heterocycles. The fourth-order valence-electron chi connectivity index (χ4n) is 1.77. The van der Waals surface area contributed by atoms with Crippen LogP contribution in [0.3, 0.4) is 0 Å². The number of anilines is 1. The molecule has 104 valence electrons. The number of rotatable bonds is 5. The number of benzene rings is 1. The molecule has 1 aromatic carbocycles. The van der Waals surface area contributed by atoms with Gasteiger partial charge in [0.15, 0.2) is 0 Å². The fourth-order valence-corrected chi connectivity index (χ4v) is 1.77. The number of carbonyl (C=O) groups excluding carboxylic acids is 2. The number of carbonyl (C=O) groups is 2. The lowest BCUT2D eigenvalue weighted by molar-refractivity contribution is 0.0999. The Balaban J connectivity index is 2.24. The van der Waals surface area contributed by atoms with Gasteiger partial charge in [-0.1, -0.05) is 0 Å². The minimum Gasteiger partial charge on any atom is -0.381 e. The Labute approximate surface area is 115 Å². The summed E-state index contributed by atoms with van der Waals surface area (Å²) < 4.78 is 0. The molecule has 0 radical (unpaired) electrons. The first-order valence-electron chi connectivity index (χ1n) is 5.95. The molecule has 2 rings (SSSR count). The van der Waals surface area contributed by atoms with Crippen molar-refractivity contribution in [2.75, 3.05) is 5.32 Å². The van der Waals surface area contributed by atoms with Crippen LogP contribution in [0.1, 0.15) is 32.0 Å². The summed E-state index contributed by atoms with van der Waals surface area (Å²) in [6.45, 7) is 2.40. The first kappa shape index (κ1) is 13.6. The van der Waals surface area contributed by atoms with Gasteiger partial charge in [-0.3, -0.25) is 14.7 Å². The van der Waals surface area contributed by atoms with Crippen LogP contribution >= 0.6 is 0 Å². The van der Waals surface area contributed by atoms with E-state index >= 15 is 0 Å². The number of nitrogens with one attached hydrogen (secondary N) is 2. The molecule has 0 fully saturated rings. The van der Waals surface area contributed by atoms with Gasteiger partial charge in [-0.2, -0.15) is 5.10 Å². The third-order valence-electron chi connectivity index (χ3n) is 2.92. The van der Waals surface area contributed by atoms with E-state index in [-0.39, 0.29) is 11.1 Å². The van der Waals surface area contributed by atoms with Gasteiger partial charge in [-0.25, -0.2) is 0 Å². The van der Waals surface area contributed by atoms with Crippen LogP contribution < -0.4 is 16.8 Å². The molecule has 0 spiro atoms. The Kier molecular flexibility index (Phi) is 3.69. The van der Waals surface area contributed by atoms with Crippen LogP contribution in [-0.4, -0.2) is 22.0 Å². The van der Waals surface area contributed by atoms with E-state index in [1.165, 1.54) is 6.07 Å². The van der Waals surface area contributed by atoms with Crippen molar-refractivity contribution in [3.8, 4) is 0 Å². The van der Waals surface area contributed by atoms with Gasteiger partial charge in [0.05, 0.1) is 6.20 Å². The molecule has 20 heavy (non-hydrogen) atoms. The predicted molar refractivity (Wildman–Crippen MR) is 74.1 cm³/mol. The van der Waals surface area contributed by atoms with E-state index in [1.807, 2.05) is 6.92 Å². The Hall–Kier alpha value is -2.83. The van der Waals surface area contributed by atoms with Gasteiger partial charge in [0.1, 0.15) is 0 Å². The number of nitrogens with zero attached hydrogens (tertiary/aromatic N) is 1. The summed E-state index contributed by atoms with van der Waals surface area (Å²) in [5, 5.41) is 9.84. The molecule has 7 heteroatoms. The zero-order valence-corrected chi connectivity index (χ0v) is 10.9. The van der Waals surface area contributed by atoms with E-state index < -0.39 is 11.8 Å². The van der Waals surface area contributed by atoms with E-state index in [4.69, 9.17) is 11.5 Å². The molecular formula is C13H15N5O2. The minimum atomic E-state index is -0.615. The lowest BCUT2D eigenvalue weighted by atomic mass is 10.1. The van der Waals surface area contributed by atoms with E-state index in [0.29, 0.717) is 12.2 Å². The second kappa shape index (κ2) is 5.43.